The van der Waals surface area contributed by atoms with Crippen molar-refractivity contribution in [3.63, 3.8) is 0 Å². The van der Waals surface area contributed by atoms with E-state index in [1.807, 2.05) is 0 Å². The summed E-state index contributed by atoms with van der Waals surface area (Å²) < 4.78 is 12.2. The van der Waals surface area contributed by atoms with E-state index >= 15 is 0 Å². The van der Waals surface area contributed by atoms with E-state index in [4.69, 9.17) is 9.47 Å². The van der Waals surface area contributed by atoms with Gasteiger partial charge >= 0.3 is 0 Å². The highest BCUT2D eigenvalue weighted by atomic mass is 79.9. The minimum Gasteiger partial charge on any atom is -0.486 e. The minimum absolute atomic E-state index is 0.624. The van der Waals surface area contributed by atoms with Crippen LogP contribution in [0.15, 0.2) is 16.6 Å². The van der Waals surface area contributed by atoms with Gasteiger partial charge in [-0.3, -0.25) is 0 Å². The third kappa shape index (κ3) is 3.45. The number of rotatable bonds is 5. The molecule has 110 valence electrons. The van der Waals surface area contributed by atoms with Crippen LogP contribution in [-0.2, 0) is 6.54 Å². The highest BCUT2D eigenvalue weighted by Gasteiger charge is 2.16. The van der Waals surface area contributed by atoms with Crippen molar-refractivity contribution in [2.24, 2.45) is 0 Å². The van der Waals surface area contributed by atoms with Crippen LogP contribution in [0.2, 0.25) is 0 Å². The molecule has 3 rings (SSSR count). The summed E-state index contributed by atoms with van der Waals surface area (Å²) in [6, 6.07) is 4.18. The normalized spacial score (nSPS) is 18.4. The van der Waals surface area contributed by atoms with Crippen LogP contribution in [0, 0.1) is 0 Å². The first-order valence-corrected chi connectivity index (χ1v) is 8.13. The Morgan fingerprint density at radius 1 is 1.15 bits per heavy atom. The van der Waals surface area contributed by atoms with Gasteiger partial charge in [-0.2, -0.15) is 0 Å². The molecule has 0 unspecified atom stereocenters. The zero-order valence-corrected chi connectivity index (χ0v) is 13.2. The molecule has 2 heterocycles. The van der Waals surface area contributed by atoms with Gasteiger partial charge in [0.2, 0.25) is 0 Å². The first-order chi connectivity index (χ1) is 9.83. The van der Waals surface area contributed by atoms with E-state index in [2.05, 4.69) is 38.3 Å². The molecule has 0 radical (unpaired) electrons. The third-order valence-electron chi connectivity index (χ3n) is 3.79. The fourth-order valence-corrected chi connectivity index (χ4v) is 3.35. The number of ether oxygens (including phenoxy) is 2. The third-order valence-corrected chi connectivity index (χ3v) is 4.38. The maximum atomic E-state index is 5.64. The van der Waals surface area contributed by atoms with E-state index in [0.29, 0.717) is 13.2 Å². The van der Waals surface area contributed by atoms with Gasteiger partial charge in [0.05, 0.1) is 4.47 Å². The van der Waals surface area contributed by atoms with Crippen molar-refractivity contribution in [3.05, 3.63) is 22.2 Å². The van der Waals surface area contributed by atoms with Crippen molar-refractivity contribution in [3.8, 4) is 11.5 Å². The van der Waals surface area contributed by atoms with Crippen LogP contribution in [-0.4, -0.2) is 44.3 Å². The van der Waals surface area contributed by atoms with Crippen LogP contribution in [0.4, 0.5) is 0 Å². The number of halogens is 1. The highest BCUT2D eigenvalue weighted by Crippen LogP contribution is 2.38. The molecule has 0 saturated carbocycles. The summed E-state index contributed by atoms with van der Waals surface area (Å²) in [5.41, 5.74) is 1.22. The molecule has 0 aromatic heterocycles. The van der Waals surface area contributed by atoms with E-state index in [1.54, 1.807) is 0 Å². The minimum atomic E-state index is 0.624. The van der Waals surface area contributed by atoms with Crippen LogP contribution in [0.3, 0.4) is 0 Å². The first-order valence-electron chi connectivity index (χ1n) is 7.34. The summed E-state index contributed by atoms with van der Waals surface area (Å²) >= 11 is 3.55. The monoisotopic (exact) mass is 340 g/mol. The molecule has 0 amide bonds. The van der Waals surface area contributed by atoms with Crippen LogP contribution in [0.5, 0.6) is 11.5 Å². The molecule has 20 heavy (non-hydrogen) atoms. The maximum absolute atomic E-state index is 5.64. The van der Waals surface area contributed by atoms with Crippen molar-refractivity contribution in [2.45, 2.75) is 19.4 Å². The Kier molecular flexibility index (Phi) is 4.81. The lowest BCUT2D eigenvalue weighted by molar-refractivity contribution is 0.170. The Labute approximate surface area is 128 Å². The lowest BCUT2D eigenvalue weighted by atomic mass is 10.2. The molecular formula is C15H21BrN2O2. The molecule has 1 aromatic rings. The van der Waals surface area contributed by atoms with E-state index in [0.717, 1.165) is 35.6 Å². The van der Waals surface area contributed by atoms with Gasteiger partial charge in [-0.15, -0.1) is 0 Å². The molecule has 2 aliphatic rings. The Bertz CT molecular complexity index is 461. The molecule has 0 atom stereocenters. The molecule has 0 bridgehead atoms. The number of hydrogen-bond acceptors (Lipinski definition) is 4. The van der Waals surface area contributed by atoms with Crippen molar-refractivity contribution >= 4 is 15.9 Å². The standard InChI is InChI=1S/C15H21BrN2O2/c16-13-9-12(10-14-15(13)20-8-7-19-14)11-17-3-6-18-4-1-2-5-18/h9-10,17H,1-8,11H2. The van der Waals surface area contributed by atoms with Crippen LogP contribution in [0.25, 0.3) is 0 Å². The van der Waals surface area contributed by atoms with Crippen molar-refractivity contribution < 1.29 is 9.47 Å². The van der Waals surface area contributed by atoms with Gasteiger partial charge in [0.1, 0.15) is 13.2 Å². The zero-order valence-electron chi connectivity index (χ0n) is 11.7. The second-order valence-corrected chi connectivity index (χ2v) is 6.18. The molecule has 4 nitrogen and oxygen atoms in total. The van der Waals surface area contributed by atoms with Crippen LogP contribution in [0.1, 0.15) is 18.4 Å². The lowest BCUT2D eigenvalue weighted by Gasteiger charge is -2.20. The number of nitrogens with zero attached hydrogens (tertiary/aromatic N) is 1. The van der Waals surface area contributed by atoms with Crippen molar-refractivity contribution in [2.75, 3.05) is 39.4 Å². The molecule has 1 N–H and O–H groups in total. The number of nitrogens with one attached hydrogen (secondary N) is 1. The van der Waals surface area contributed by atoms with Gasteiger partial charge < -0.3 is 19.7 Å². The largest absolute Gasteiger partial charge is 0.486 e. The molecule has 1 aromatic carbocycles. The summed E-state index contributed by atoms with van der Waals surface area (Å²) in [5, 5.41) is 3.50. The number of likely N-dealkylation sites (tertiary alicyclic amines) is 1. The van der Waals surface area contributed by atoms with E-state index in [9.17, 15) is 0 Å². The van der Waals surface area contributed by atoms with Gasteiger partial charge in [-0.1, -0.05) is 0 Å². The number of benzene rings is 1. The van der Waals surface area contributed by atoms with Gasteiger partial charge in [-0.25, -0.2) is 0 Å². The van der Waals surface area contributed by atoms with Gasteiger partial charge in [0, 0.05) is 19.6 Å². The smallest absolute Gasteiger partial charge is 0.175 e. The molecular weight excluding hydrogens is 320 g/mol. The summed E-state index contributed by atoms with van der Waals surface area (Å²) in [6.45, 7) is 6.82. The van der Waals surface area contributed by atoms with Crippen LogP contribution < -0.4 is 14.8 Å². The topological polar surface area (TPSA) is 33.7 Å². The summed E-state index contributed by atoms with van der Waals surface area (Å²) in [7, 11) is 0. The first kappa shape index (κ1) is 14.2. The van der Waals surface area contributed by atoms with Gasteiger partial charge in [-0.05, 0) is 59.6 Å². The van der Waals surface area contributed by atoms with Crippen LogP contribution >= 0.6 is 15.9 Å². The molecule has 0 spiro atoms. The number of hydrogen-bond donors (Lipinski definition) is 1. The molecule has 0 aliphatic carbocycles. The van der Waals surface area contributed by atoms with E-state index in [1.165, 1.54) is 31.5 Å². The molecule has 1 fully saturated rings. The number of fused-ring (bicyclic) bond motifs is 1. The predicted octanol–water partition coefficient (Wildman–Crippen LogP) is 2.41. The predicted molar refractivity (Wildman–Crippen MR) is 82.5 cm³/mol. The molecule has 5 heteroatoms. The van der Waals surface area contributed by atoms with Crippen molar-refractivity contribution in [1.29, 1.82) is 0 Å². The quantitative estimate of drug-likeness (QED) is 0.834. The van der Waals surface area contributed by atoms with Gasteiger partial charge in [0.25, 0.3) is 0 Å². The Balaban J connectivity index is 1.51. The second-order valence-electron chi connectivity index (χ2n) is 5.33. The fraction of sp³-hybridized carbons (Fsp3) is 0.600. The SMILES string of the molecule is Brc1cc(CNCCN2CCCC2)cc2c1OCCO2. The zero-order chi connectivity index (χ0) is 13.8. The Morgan fingerprint density at radius 3 is 2.80 bits per heavy atom. The van der Waals surface area contributed by atoms with E-state index < -0.39 is 0 Å². The molecule has 1 saturated heterocycles. The summed E-state index contributed by atoms with van der Waals surface area (Å²) in [6.07, 6.45) is 2.71. The average molecular weight is 341 g/mol. The highest BCUT2D eigenvalue weighted by molar-refractivity contribution is 9.10. The fourth-order valence-electron chi connectivity index (χ4n) is 2.74. The maximum Gasteiger partial charge on any atom is 0.175 e. The molecule has 2 aliphatic heterocycles. The summed E-state index contributed by atoms with van der Waals surface area (Å²) in [4.78, 5) is 2.52. The van der Waals surface area contributed by atoms with E-state index in [-0.39, 0.29) is 0 Å². The summed E-state index contributed by atoms with van der Waals surface area (Å²) in [5.74, 6) is 1.68. The van der Waals surface area contributed by atoms with Crippen molar-refractivity contribution in [1.82, 2.24) is 10.2 Å². The average Bonchev–Trinajstić information content (AvgIpc) is 2.97. The Hall–Kier alpha value is -0.780. The second kappa shape index (κ2) is 6.78. The Morgan fingerprint density at radius 2 is 1.95 bits per heavy atom. The van der Waals surface area contributed by atoms with Gasteiger partial charge in [0.15, 0.2) is 11.5 Å². The lowest BCUT2D eigenvalue weighted by Crippen LogP contribution is -2.29.